The maximum absolute atomic E-state index is 10.2. The molecule has 0 nitrogen and oxygen atoms in total. The van der Waals surface area contributed by atoms with Gasteiger partial charge in [-0.15, -0.1) is 0 Å². The van der Waals surface area contributed by atoms with Crippen molar-refractivity contribution in [3.63, 3.8) is 0 Å². The Morgan fingerprint density at radius 2 is 0.808 bits per heavy atom. The van der Waals surface area contributed by atoms with Gasteiger partial charge in [0.05, 0.1) is 9.60 Å². The summed E-state index contributed by atoms with van der Waals surface area (Å²) in [6.07, 6.45) is 0. The van der Waals surface area contributed by atoms with Gasteiger partial charge in [-0.3, -0.25) is 0 Å². The molecule has 0 aliphatic rings. The fourth-order valence-corrected chi connectivity index (χ4v) is 11.4. The van der Waals surface area contributed by atoms with Crippen LogP contribution in [0.25, 0.3) is 64.6 Å². The molecule has 1 heteroatoms. The molecule has 52 heavy (non-hydrogen) atoms. The zero-order valence-electron chi connectivity index (χ0n) is 41.0. The van der Waals surface area contributed by atoms with Gasteiger partial charge in [-0.05, 0) is 131 Å². The van der Waals surface area contributed by atoms with E-state index in [1.165, 1.54) is 0 Å². The summed E-state index contributed by atoms with van der Waals surface area (Å²) in [7, 11) is -3.12. The standard InChI is InChI=1S/C51H58Si/c1-29-38-19-18-31-21-36(49(5,6)7)24-34-26-43(40(47(38)45(31)34)28-41(29)51(11,12)13)52(14,15)42-25-33-23-35(48(2,3)4)20-30-16-17-32-22-37(50(8,9)10)27-39(42)46(32)44(30)33/h16-28H,1-15H3/i20D,21D,22D,23D,24D,27D,28D. The molecule has 0 amide bonds. The Balaban J connectivity index is 1.69. The first-order chi connectivity index (χ1) is 27.0. The van der Waals surface area contributed by atoms with Crippen LogP contribution in [-0.4, -0.2) is 8.07 Å². The van der Waals surface area contributed by atoms with Gasteiger partial charge in [0.15, 0.2) is 0 Å². The molecule has 0 aliphatic carbocycles. The van der Waals surface area contributed by atoms with Crippen LogP contribution in [0, 0.1) is 6.92 Å². The number of benzene rings is 8. The molecule has 0 aliphatic heterocycles. The second-order valence-electron chi connectivity index (χ2n) is 20.1. The monoisotopic (exact) mass is 705 g/mol. The summed E-state index contributed by atoms with van der Waals surface area (Å²) in [6, 6.07) is 14.8. The average Bonchev–Trinajstić information content (AvgIpc) is 3.08. The average molecular weight is 706 g/mol. The molecule has 0 fully saturated rings. The summed E-state index contributed by atoms with van der Waals surface area (Å²) in [4.78, 5) is 0. The first-order valence-corrected chi connectivity index (χ1v) is 22.0. The Kier molecular flexibility index (Phi) is 5.75. The molecule has 8 aromatic carbocycles. The highest BCUT2D eigenvalue weighted by molar-refractivity contribution is 7.03. The predicted molar refractivity (Wildman–Crippen MR) is 237 cm³/mol. The molecular formula is C51H58Si. The second kappa shape index (κ2) is 10.8. The largest absolute Gasteiger partial charge is 0.113 e. The first-order valence-electron chi connectivity index (χ1n) is 22.5. The van der Waals surface area contributed by atoms with E-state index < -0.39 is 24.3 Å². The van der Waals surface area contributed by atoms with Gasteiger partial charge < -0.3 is 0 Å². The fourth-order valence-electron chi connectivity index (χ4n) is 8.46. The van der Waals surface area contributed by atoms with Crippen molar-refractivity contribution in [3.05, 3.63) is 107 Å². The smallest absolute Gasteiger partial charge is 0.0616 e. The molecule has 0 unspecified atom stereocenters. The van der Waals surface area contributed by atoms with Crippen molar-refractivity contribution in [2.24, 2.45) is 0 Å². The first kappa shape index (κ1) is 27.6. The lowest BCUT2D eigenvalue weighted by Crippen LogP contribution is -2.53. The SMILES string of the molecule is [2H]c1c(C(C)(C)C)c([2H])c2cc([Si](C)(C)c3cc4c([2H])c(C(C)(C)C)c([2H])c5ccc6c(C)c(C(C)(C)C)c([2H])c3c6c54)c3c([2H])c(C(C)(C)C)c([2H])c4ccc1c2c43. The zero-order valence-corrected chi connectivity index (χ0v) is 35.0. The summed E-state index contributed by atoms with van der Waals surface area (Å²) in [5.41, 5.74) is 2.23. The summed E-state index contributed by atoms with van der Waals surface area (Å²) in [5.74, 6) is 0. The lowest BCUT2D eigenvalue weighted by atomic mass is 9.79. The van der Waals surface area contributed by atoms with Crippen molar-refractivity contribution < 1.29 is 9.60 Å². The minimum Gasteiger partial charge on any atom is -0.0616 e. The summed E-state index contributed by atoms with van der Waals surface area (Å²) < 4.78 is 68.7. The highest BCUT2D eigenvalue weighted by Gasteiger charge is 2.34. The van der Waals surface area contributed by atoms with Gasteiger partial charge in [0.2, 0.25) is 0 Å². The van der Waals surface area contributed by atoms with E-state index in [4.69, 9.17) is 0 Å². The van der Waals surface area contributed by atoms with Crippen LogP contribution in [0.15, 0.2) is 78.7 Å². The number of hydrogen-bond donors (Lipinski definition) is 0. The van der Waals surface area contributed by atoms with Gasteiger partial charge in [-0.1, -0.05) is 175 Å². The molecule has 0 spiro atoms. The lowest BCUT2D eigenvalue weighted by molar-refractivity contribution is 0.588. The van der Waals surface area contributed by atoms with Crippen molar-refractivity contribution >= 4 is 83.1 Å². The van der Waals surface area contributed by atoms with Gasteiger partial charge in [-0.2, -0.15) is 0 Å². The minimum absolute atomic E-state index is 0.307. The normalized spacial score (nSPS) is 15.9. The van der Waals surface area contributed by atoms with Crippen LogP contribution in [-0.2, 0) is 21.7 Å². The van der Waals surface area contributed by atoms with Gasteiger partial charge in [0.25, 0.3) is 0 Å². The van der Waals surface area contributed by atoms with Crippen molar-refractivity contribution in [2.45, 2.75) is 125 Å². The molecule has 0 atom stereocenters. The third-order valence-electron chi connectivity index (χ3n) is 11.5. The maximum atomic E-state index is 10.2. The highest BCUT2D eigenvalue weighted by Crippen LogP contribution is 2.44. The van der Waals surface area contributed by atoms with Crippen LogP contribution >= 0.6 is 0 Å². The number of hydrogen-bond acceptors (Lipinski definition) is 0. The van der Waals surface area contributed by atoms with Gasteiger partial charge in [-0.25, -0.2) is 0 Å². The Morgan fingerprint density at radius 1 is 0.423 bits per heavy atom. The molecule has 0 aromatic heterocycles. The third-order valence-corrected chi connectivity index (χ3v) is 15.0. The van der Waals surface area contributed by atoms with Crippen LogP contribution in [0.1, 0.15) is 120 Å². The molecule has 0 heterocycles. The fraction of sp³-hybridized carbons (Fsp3) is 0.373. The molecule has 8 rings (SSSR count). The Bertz CT molecular complexity index is 2920. The van der Waals surface area contributed by atoms with E-state index >= 15 is 0 Å². The summed E-state index contributed by atoms with van der Waals surface area (Å²) in [6.45, 7) is 31.7. The van der Waals surface area contributed by atoms with E-state index in [0.29, 0.717) is 59.0 Å². The topological polar surface area (TPSA) is 0 Å². The van der Waals surface area contributed by atoms with Crippen LogP contribution < -0.4 is 10.4 Å². The van der Waals surface area contributed by atoms with Crippen molar-refractivity contribution in [1.29, 1.82) is 0 Å². The van der Waals surface area contributed by atoms with Crippen LogP contribution in [0.5, 0.6) is 0 Å². The number of aryl methyl sites for hydroxylation is 1. The third kappa shape index (κ3) is 5.20. The Labute approximate surface area is 323 Å². The molecule has 0 saturated heterocycles. The summed E-state index contributed by atoms with van der Waals surface area (Å²) >= 11 is 0. The molecule has 0 bridgehead atoms. The molecule has 0 N–H and O–H groups in total. The van der Waals surface area contributed by atoms with Gasteiger partial charge in [0, 0.05) is 0 Å². The predicted octanol–water partition coefficient (Wildman–Crippen LogP) is 13.8. The van der Waals surface area contributed by atoms with Gasteiger partial charge in [0.1, 0.15) is 8.07 Å². The van der Waals surface area contributed by atoms with Crippen LogP contribution in [0.3, 0.4) is 0 Å². The number of rotatable bonds is 2. The van der Waals surface area contributed by atoms with E-state index in [1.54, 1.807) is 0 Å². The maximum Gasteiger partial charge on any atom is 0.113 e. The minimum atomic E-state index is -3.12. The van der Waals surface area contributed by atoms with E-state index in [0.717, 1.165) is 86.1 Å². The molecule has 8 aromatic rings. The van der Waals surface area contributed by atoms with E-state index in [9.17, 15) is 9.60 Å². The second-order valence-corrected chi connectivity index (χ2v) is 24.5. The van der Waals surface area contributed by atoms with E-state index in [-0.39, 0.29) is 5.41 Å². The van der Waals surface area contributed by atoms with Crippen molar-refractivity contribution in [3.8, 4) is 0 Å². The molecular weight excluding hydrogens is 641 g/mol. The van der Waals surface area contributed by atoms with Gasteiger partial charge >= 0.3 is 0 Å². The molecule has 266 valence electrons. The van der Waals surface area contributed by atoms with Crippen molar-refractivity contribution in [2.75, 3.05) is 0 Å². The van der Waals surface area contributed by atoms with Crippen molar-refractivity contribution in [1.82, 2.24) is 0 Å². The molecule has 0 radical (unpaired) electrons. The Hall–Kier alpha value is -3.94. The lowest BCUT2D eigenvalue weighted by Gasteiger charge is -2.32. The van der Waals surface area contributed by atoms with Crippen LogP contribution in [0.4, 0.5) is 0 Å². The Morgan fingerprint density at radius 3 is 1.27 bits per heavy atom. The van der Waals surface area contributed by atoms with E-state index in [1.807, 2.05) is 12.1 Å². The summed E-state index contributed by atoms with van der Waals surface area (Å²) in [5, 5.41) is 11.7. The quantitative estimate of drug-likeness (QED) is 0.124. The van der Waals surface area contributed by atoms with Crippen LogP contribution in [0.2, 0.25) is 13.1 Å². The van der Waals surface area contributed by atoms with E-state index in [2.05, 4.69) is 127 Å². The molecule has 0 saturated carbocycles. The zero-order chi connectivity index (χ0) is 43.8. The highest BCUT2D eigenvalue weighted by atomic mass is 28.3.